The van der Waals surface area contributed by atoms with Crippen LogP contribution >= 0.6 is 11.3 Å². The number of benzene rings is 1. The van der Waals surface area contributed by atoms with Crippen molar-refractivity contribution in [2.75, 3.05) is 27.2 Å². The molecule has 6 heteroatoms. The van der Waals surface area contributed by atoms with Gasteiger partial charge in [0.1, 0.15) is 5.58 Å². The Morgan fingerprint density at radius 2 is 1.96 bits per heavy atom. The number of thiophene rings is 1. The fraction of sp³-hybridized carbons (Fsp3) is 0.300. The van der Waals surface area contributed by atoms with Gasteiger partial charge in [-0.05, 0) is 50.6 Å². The van der Waals surface area contributed by atoms with E-state index in [4.69, 9.17) is 4.42 Å². The highest BCUT2D eigenvalue weighted by molar-refractivity contribution is 7.10. The van der Waals surface area contributed by atoms with Gasteiger partial charge in [0, 0.05) is 11.4 Å². The fourth-order valence-electron chi connectivity index (χ4n) is 3.50. The van der Waals surface area contributed by atoms with Crippen LogP contribution in [0.5, 0.6) is 0 Å². The van der Waals surface area contributed by atoms with Crippen molar-refractivity contribution >= 4 is 28.2 Å². The average Bonchev–Trinajstić information content (AvgIpc) is 3.23. The summed E-state index contributed by atoms with van der Waals surface area (Å²) in [4.78, 5) is 31.1. The normalized spacial score (nSPS) is 16.7. The highest BCUT2D eigenvalue weighted by Gasteiger charge is 2.42. The maximum absolute atomic E-state index is 13.2. The van der Waals surface area contributed by atoms with Gasteiger partial charge in [-0.3, -0.25) is 9.59 Å². The first-order valence-corrected chi connectivity index (χ1v) is 9.50. The Kier molecular flexibility index (Phi) is 4.38. The fourth-order valence-corrected chi connectivity index (χ4v) is 4.34. The average molecular weight is 368 g/mol. The van der Waals surface area contributed by atoms with E-state index < -0.39 is 0 Å². The summed E-state index contributed by atoms with van der Waals surface area (Å²) in [5.74, 6) is -0.00281. The predicted molar refractivity (Wildman–Crippen MR) is 103 cm³/mol. The SMILES string of the molecule is CN(C)CCCN1C(=O)c2oc3ccccc3c(=O)c2[C@H]1c1cccs1. The number of carbonyl (C=O) groups is 1. The van der Waals surface area contributed by atoms with Gasteiger partial charge in [0.2, 0.25) is 5.76 Å². The van der Waals surface area contributed by atoms with E-state index in [2.05, 4.69) is 4.90 Å². The maximum atomic E-state index is 13.2. The summed E-state index contributed by atoms with van der Waals surface area (Å²) in [6.07, 6.45) is 0.836. The van der Waals surface area contributed by atoms with Crippen molar-refractivity contribution in [3.8, 4) is 0 Å². The second-order valence-corrected chi connectivity index (χ2v) is 7.72. The van der Waals surface area contributed by atoms with Crippen LogP contribution in [0.15, 0.2) is 51.0 Å². The van der Waals surface area contributed by atoms with Crippen molar-refractivity contribution in [3.63, 3.8) is 0 Å². The Bertz CT molecular complexity index is 1010. The molecule has 26 heavy (non-hydrogen) atoms. The second kappa shape index (κ2) is 6.70. The zero-order valence-electron chi connectivity index (χ0n) is 14.8. The molecule has 134 valence electrons. The largest absolute Gasteiger partial charge is 0.450 e. The lowest BCUT2D eigenvalue weighted by atomic mass is 10.0. The zero-order chi connectivity index (χ0) is 18.3. The van der Waals surface area contributed by atoms with Crippen molar-refractivity contribution in [1.82, 2.24) is 9.80 Å². The third kappa shape index (κ3) is 2.75. The van der Waals surface area contributed by atoms with E-state index in [9.17, 15) is 9.59 Å². The molecule has 0 unspecified atom stereocenters. The van der Waals surface area contributed by atoms with E-state index in [1.807, 2.05) is 43.7 Å². The highest BCUT2D eigenvalue weighted by atomic mass is 32.1. The van der Waals surface area contributed by atoms with Crippen molar-refractivity contribution in [3.05, 3.63) is 68.2 Å². The zero-order valence-corrected chi connectivity index (χ0v) is 15.6. The number of nitrogens with zero attached hydrogens (tertiary/aromatic N) is 2. The van der Waals surface area contributed by atoms with Crippen LogP contribution in [0.4, 0.5) is 0 Å². The summed E-state index contributed by atoms with van der Waals surface area (Å²) in [6, 6.07) is 10.7. The van der Waals surface area contributed by atoms with E-state index >= 15 is 0 Å². The second-order valence-electron chi connectivity index (χ2n) is 6.74. The molecule has 1 atom stereocenters. The minimum Gasteiger partial charge on any atom is -0.450 e. The van der Waals surface area contributed by atoms with Crippen LogP contribution in [0, 0.1) is 0 Å². The number of hydrogen-bond acceptors (Lipinski definition) is 5. The van der Waals surface area contributed by atoms with Crippen LogP contribution in [-0.2, 0) is 0 Å². The summed E-state index contributed by atoms with van der Waals surface area (Å²) in [7, 11) is 4.02. The summed E-state index contributed by atoms with van der Waals surface area (Å²) < 4.78 is 5.89. The van der Waals surface area contributed by atoms with Crippen molar-refractivity contribution in [2.24, 2.45) is 0 Å². The Balaban J connectivity index is 1.84. The smallest absolute Gasteiger partial charge is 0.290 e. The summed E-state index contributed by atoms with van der Waals surface area (Å²) in [5.41, 5.74) is 0.828. The molecule has 1 aliphatic rings. The number of fused-ring (bicyclic) bond motifs is 2. The van der Waals surface area contributed by atoms with Gasteiger partial charge >= 0.3 is 0 Å². The van der Waals surface area contributed by atoms with E-state index in [1.54, 1.807) is 28.4 Å². The molecule has 0 saturated heterocycles. The molecule has 0 saturated carbocycles. The van der Waals surface area contributed by atoms with Gasteiger partial charge in [-0.2, -0.15) is 0 Å². The molecule has 3 aromatic rings. The molecule has 2 aromatic heterocycles. The molecule has 1 aromatic carbocycles. The van der Waals surface area contributed by atoms with Crippen molar-refractivity contribution < 1.29 is 9.21 Å². The van der Waals surface area contributed by atoms with Crippen LogP contribution in [0.25, 0.3) is 11.0 Å². The number of rotatable bonds is 5. The Labute approximate surface area is 155 Å². The van der Waals surface area contributed by atoms with Crippen LogP contribution in [0.3, 0.4) is 0 Å². The molecule has 5 nitrogen and oxygen atoms in total. The maximum Gasteiger partial charge on any atom is 0.290 e. The Morgan fingerprint density at radius 3 is 2.69 bits per heavy atom. The molecule has 0 spiro atoms. The Hall–Kier alpha value is -2.44. The lowest BCUT2D eigenvalue weighted by Gasteiger charge is -2.24. The molecule has 0 radical (unpaired) electrons. The molecule has 3 heterocycles. The number of hydrogen-bond donors (Lipinski definition) is 0. The number of carbonyl (C=O) groups excluding carboxylic acids is 1. The number of para-hydroxylation sites is 1. The minimum atomic E-state index is -0.361. The molecule has 1 amide bonds. The standard InChI is InChI=1S/C20H20N2O3S/c1-21(2)10-6-11-22-17(15-9-5-12-26-15)16-18(23)13-7-3-4-8-14(13)25-19(16)20(22)24/h3-5,7-9,12,17H,6,10-11H2,1-2H3/t17-/m1/s1. The van der Waals surface area contributed by atoms with Gasteiger partial charge in [-0.1, -0.05) is 18.2 Å². The van der Waals surface area contributed by atoms with Gasteiger partial charge in [-0.25, -0.2) is 0 Å². The molecule has 0 N–H and O–H groups in total. The van der Waals surface area contributed by atoms with Crippen molar-refractivity contribution in [2.45, 2.75) is 12.5 Å². The lowest BCUT2D eigenvalue weighted by molar-refractivity contribution is 0.0724. The lowest BCUT2D eigenvalue weighted by Crippen LogP contribution is -2.31. The first kappa shape index (κ1) is 17.0. The third-order valence-electron chi connectivity index (χ3n) is 4.69. The van der Waals surface area contributed by atoms with E-state index in [-0.39, 0.29) is 23.1 Å². The molecule has 0 fully saturated rings. The topological polar surface area (TPSA) is 53.8 Å². The first-order chi connectivity index (χ1) is 12.6. The van der Waals surface area contributed by atoms with Crippen LogP contribution in [0.1, 0.15) is 33.5 Å². The van der Waals surface area contributed by atoms with Crippen LogP contribution < -0.4 is 5.43 Å². The summed E-state index contributed by atoms with van der Waals surface area (Å²) in [6.45, 7) is 1.46. The van der Waals surface area contributed by atoms with E-state index in [1.165, 1.54) is 0 Å². The van der Waals surface area contributed by atoms with Crippen molar-refractivity contribution in [1.29, 1.82) is 0 Å². The quantitative estimate of drug-likeness (QED) is 0.693. The van der Waals surface area contributed by atoms with Crippen LogP contribution in [0.2, 0.25) is 0 Å². The molecule has 1 aliphatic heterocycles. The summed E-state index contributed by atoms with van der Waals surface area (Å²) >= 11 is 1.56. The summed E-state index contributed by atoms with van der Waals surface area (Å²) in [5, 5.41) is 2.49. The van der Waals surface area contributed by atoms with E-state index in [0.717, 1.165) is 17.8 Å². The monoisotopic (exact) mass is 368 g/mol. The first-order valence-electron chi connectivity index (χ1n) is 8.63. The van der Waals surface area contributed by atoms with Crippen LogP contribution in [-0.4, -0.2) is 42.9 Å². The van der Waals surface area contributed by atoms with Gasteiger partial charge in [0.15, 0.2) is 5.43 Å². The molecule has 4 rings (SSSR count). The molecule has 0 bridgehead atoms. The molecular formula is C20H20N2O3S. The van der Waals surface area contributed by atoms with Gasteiger partial charge in [0.05, 0.1) is 17.0 Å². The van der Waals surface area contributed by atoms with Gasteiger partial charge in [0.25, 0.3) is 5.91 Å². The molecule has 0 aliphatic carbocycles. The minimum absolute atomic E-state index is 0.108. The van der Waals surface area contributed by atoms with Gasteiger partial charge < -0.3 is 14.2 Å². The highest BCUT2D eigenvalue weighted by Crippen LogP contribution is 2.39. The molecular weight excluding hydrogens is 348 g/mol. The van der Waals surface area contributed by atoms with E-state index in [0.29, 0.717) is 23.1 Å². The Morgan fingerprint density at radius 1 is 1.15 bits per heavy atom. The van der Waals surface area contributed by atoms with Gasteiger partial charge in [-0.15, -0.1) is 11.3 Å². The third-order valence-corrected chi connectivity index (χ3v) is 5.61. The predicted octanol–water partition coefficient (Wildman–Crippen LogP) is 3.35. The number of amides is 1.